The second-order valence-electron chi connectivity index (χ2n) is 3.79. The number of carbonyl (C=O) groups is 2. The van der Waals surface area contributed by atoms with E-state index in [0.717, 1.165) is 19.9 Å². The molecule has 1 N–H and O–H groups in total. The number of anilines is 1. The Hall–Kier alpha value is -2.20. The molecule has 0 saturated carbocycles. The zero-order valence-corrected chi connectivity index (χ0v) is 12.3. The summed E-state index contributed by atoms with van der Waals surface area (Å²) in [7, 11) is 0.845. The maximum Gasteiger partial charge on any atom is 0.315 e. The highest BCUT2D eigenvalue weighted by Gasteiger charge is 2.27. The summed E-state index contributed by atoms with van der Waals surface area (Å²) < 4.78 is 27.3. The van der Waals surface area contributed by atoms with E-state index in [1.54, 1.807) is 0 Å². The Morgan fingerprint density at radius 3 is 2.29 bits per heavy atom. The third-order valence-corrected chi connectivity index (χ3v) is 3.41. The molecular formula is C10H9ClN2O7S. The third kappa shape index (κ3) is 4.39. The molecule has 0 heterocycles. The minimum Gasteiger partial charge on any atom is -0.417 e. The highest BCUT2D eigenvalue weighted by atomic mass is 35.7. The molecule has 0 aliphatic carbocycles. The Morgan fingerprint density at radius 2 is 1.90 bits per heavy atom. The van der Waals surface area contributed by atoms with Crippen molar-refractivity contribution in [2.75, 3.05) is 5.32 Å². The molecule has 0 aromatic heterocycles. The van der Waals surface area contributed by atoms with Crippen LogP contribution in [0.3, 0.4) is 0 Å². The molecule has 1 aromatic carbocycles. The molecule has 114 valence electrons. The largest absolute Gasteiger partial charge is 0.417 e. The molecule has 0 aliphatic rings. The van der Waals surface area contributed by atoms with Crippen LogP contribution in [0.15, 0.2) is 17.0 Å². The molecule has 1 aromatic rings. The second kappa shape index (κ2) is 6.06. The highest BCUT2D eigenvalue weighted by molar-refractivity contribution is 8.13. The Morgan fingerprint density at radius 1 is 1.33 bits per heavy atom. The van der Waals surface area contributed by atoms with Crippen LogP contribution in [0, 0.1) is 10.1 Å². The van der Waals surface area contributed by atoms with Gasteiger partial charge in [-0.3, -0.25) is 19.7 Å². The molecule has 0 saturated heterocycles. The van der Waals surface area contributed by atoms with Gasteiger partial charge in [0.1, 0.15) is 0 Å². The summed E-state index contributed by atoms with van der Waals surface area (Å²) in [5.74, 6) is -2.11. The summed E-state index contributed by atoms with van der Waals surface area (Å²) in [4.78, 5) is 31.5. The van der Waals surface area contributed by atoms with Gasteiger partial charge in [0, 0.05) is 30.6 Å². The van der Waals surface area contributed by atoms with Gasteiger partial charge in [0.2, 0.25) is 11.7 Å². The number of benzene rings is 1. The topological polar surface area (TPSA) is 133 Å². The first-order valence-corrected chi connectivity index (χ1v) is 7.56. The lowest BCUT2D eigenvalue weighted by atomic mass is 10.2. The van der Waals surface area contributed by atoms with E-state index in [-0.39, 0.29) is 5.69 Å². The maximum absolute atomic E-state index is 11.3. The van der Waals surface area contributed by atoms with E-state index < -0.39 is 42.2 Å². The van der Waals surface area contributed by atoms with Crippen molar-refractivity contribution in [3.8, 4) is 5.75 Å². The minimum absolute atomic E-state index is 0.355. The van der Waals surface area contributed by atoms with Crippen molar-refractivity contribution in [3.05, 3.63) is 22.2 Å². The van der Waals surface area contributed by atoms with Crippen LogP contribution in [-0.4, -0.2) is 25.2 Å². The number of amides is 1. The van der Waals surface area contributed by atoms with Crippen molar-refractivity contribution < 1.29 is 27.7 Å². The molecule has 21 heavy (non-hydrogen) atoms. The zero-order chi connectivity index (χ0) is 16.4. The van der Waals surface area contributed by atoms with Crippen LogP contribution >= 0.6 is 10.7 Å². The highest BCUT2D eigenvalue weighted by Crippen LogP contribution is 2.38. The van der Waals surface area contributed by atoms with Gasteiger partial charge >= 0.3 is 11.7 Å². The number of esters is 1. The predicted octanol–water partition coefficient (Wildman–Crippen LogP) is 1.41. The van der Waals surface area contributed by atoms with Crippen LogP contribution < -0.4 is 10.1 Å². The first-order chi connectivity index (χ1) is 9.52. The van der Waals surface area contributed by atoms with Crippen molar-refractivity contribution in [2.24, 2.45) is 0 Å². The third-order valence-electron chi connectivity index (χ3n) is 2.08. The summed E-state index contributed by atoms with van der Waals surface area (Å²) in [5, 5.41) is 13.1. The quantitative estimate of drug-likeness (QED) is 0.289. The number of nitro benzene ring substituents is 1. The van der Waals surface area contributed by atoms with Gasteiger partial charge in [-0.15, -0.1) is 0 Å². The summed E-state index contributed by atoms with van der Waals surface area (Å²) in [5.41, 5.74) is -1.18. The molecule has 11 heteroatoms. The normalized spacial score (nSPS) is 10.8. The van der Waals surface area contributed by atoms with E-state index in [1.807, 2.05) is 0 Å². The SMILES string of the molecule is CC(=O)Nc1cc(S(=O)(=O)Cl)cc([N+](=O)[O-])c1OC(C)=O. The number of rotatable bonds is 4. The number of hydrogen-bond donors (Lipinski definition) is 1. The van der Waals surface area contributed by atoms with Crippen LogP contribution in [0.2, 0.25) is 0 Å². The molecule has 0 unspecified atom stereocenters. The van der Waals surface area contributed by atoms with Crippen molar-refractivity contribution >= 4 is 43.0 Å². The van der Waals surface area contributed by atoms with Gasteiger partial charge in [-0.1, -0.05) is 0 Å². The smallest absolute Gasteiger partial charge is 0.315 e. The molecule has 0 bridgehead atoms. The number of hydrogen-bond acceptors (Lipinski definition) is 7. The lowest BCUT2D eigenvalue weighted by Gasteiger charge is -2.11. The molecule has 0 atom stereocenters. The average Bonchev–Trinajstić information content (AvgIpc) is 2.27. The Kier molecular flexibility index (Phi) is 4.86. The van der Waals surface area contributed by atoms with Crippen molar-refractivity contribution in [2.45, 2.75) is 18.7 Å². The maximum atomic E-state index is 11.3. The Balaban J connectivity index is 3.68. The first-order valence-electron chi connectivity index (χ1n) is 5.25. The van der Waals surface area contributed by atoms with Crippen LogP contribution in [-0.2, 0) is 18.6 Å². The zero-order valence-electron chi connectivity index (χ0n) is 10.7. The monoisotopic (exact) mass is 336 g/mol. The van der Waals surface area contributed by atoms with Crippen LogP contribution in [0.5, 0.6) is 5.75 Å². The van der Waals surface area contributed by atoms with Gasteiger partial charge in [-0.25, -0.2) is 8.42 Å². The molecule has 0 radical (unpaired) electrons. The summed E-state index contributed by atoms with van der Waals surface area (Å²) in [6, 6.07) is 1.49. The molecular weight excluding hydrogens is 328 g/mol. The summed E-state index contributed by atoms with van der Waals surface area (Å²) >= 11 is 0. The summed E-state index contributed by atoms with van der Waals surface area (Å²) in [6.07, 6.45) is 0. The molecule has 0 spiro atoms. The molecule has 9 nitrogen and oxygen atoms in total. The van der Waals surface area contributed by atoms with Gasteiger partial charge in [0.25, 0.3) is 9.05 Å². The molecule has 0 fully saturated rings. The van der Waals surface area contributed by atoms with Crippen molar-refractivity contribution in [3.63, 3.8) is 0 Å². The number of halogens is 1. The van der Waals surface area contributed by atoms with Crippen LogP contribution in [0.1, 0.15) is 13.8 Å². The minimum atomic E-state index is -4.29. The van der Waals surface area contributed by atoms with Gasteiger partial charge in [-0.05, 0) is 6.07 Å². The fraction of sp³-hybridized carbons (Fsp3) is 0.200. The number of nitro groups is 1. The molecule has 0 aliphatic heterocycles. The van der Waals surface area contributed by atoms with E-state index in [2.05, 4.69) is 10.1 Å². The van der Waals surface area contributed by atoms with E-state index in [4.69, 9.17) is 10.7 Å². The Bertz CT molecular complexity index is 729. The van der Waals surface area contributed by atoms with Crippen LogP contribution in [0.25, 0.3) is 0 Å². The lowest BCUT2D eigenvalue weighted by molar-refractivity contribution is -0.385. The molecule has 1 rings (SSSR count). The van der Waals surface area contributed by atoms with E-state index in [0.29, 0.717) is 6.07 Å². The number of nitrogens with zero attached hydrogens (tertiary/aromatic N) is 1. The van der Waals surface area contributed by atoms with E-state index in [9.17, 15) is 28.1 Å². The fourth-order valence-electron chi connectivity index (χ4n) is 1.40. The standard InChI is InChI=1S/C10H9ClN2O7S/c1-5(14)12-8-3-7(21(11,18)19)4-9(13(16)17)10(8)20-6(2)15/h3-4H,1-2H3,(H,12,14). The summed E-state index contributed by atoms with van der Waals surface area (Å²) in [6.45, 7) is 2.08. The van der Waals surface area contributed by atoms with E-state index in [1.165, 1.54) is 0 Å². The van der Waals surface area contributed by atoms with Gasteiger partial charge in [0.15, 0.2) is 0 Å². The molecule has 1 amide bonds. The van der Waals surface area contributed by atoms with Gasteiger partial charge < -0.3 is 10.1 Å². The van der Waals surface area contributed by atoms with Crippen LogP contribution in [0.4, 0.5) is 11.4 Å². The van der Waals surface area contributed by atoms with Crippen molar-refractivity contribution in [1.82, 2.24) is 0 Å². The predicted molar refractivity (Wildman–Crippen MR) is 71.7 cm³/mol. The number of carbonyl (C=O) groups excluding carboxylic acids is 2. The average molecular weight is 337 g/mol. The van der Waals surface area contributed by atoms with Gasteiger partial charge in [0.05, 0.1) is 15.5 Å². The van der Waals surface area contributed by atoms with E-state index >= 15 is 0 Å². The second-order valence-corrected chi connectivity index (χ2v) is 6.35. The lowest BCUT2D eigenvalue weighted by Crippen LogP contribution is -2.12. The number of nitrogens with one attached hydrogen (secondary N) is 1. The van der Waals surface area contributed by atoms with Crippen molar-refractivity contribution in [1.29, 1.82) is 0 Å². The number of ether oxygens (including phenoxy) is 1. The Labute approximate surface area is 123 Å². The first kappa shape index (κ1) is 16.9. The van der Waals surface area contributed by atoms with Gasteiger partial charge in [-0.2, -0.15) is 0 Å². The fourth-order valence-corrected chi connectivity index (χ4v) is 2.18.